The monoisotopic (exact) mass is 268 g/mol. The molecule has 2 atom stereocenters. The van der Waals surface area contributed by atoms with Gasteiger partial charge in [-0.2, -0.15) is 0 Å². The quantitative estimate of drug-likeness (QED) is 0.681. The highest BCUT2D eigenvalue weighted by Crippen LogP contribution is 2.15. The van der Waals surface area contributed by atoms with Gasteiger partial charge in [0.25, 0.3) is 0 Å². The molecule has 1 aromatic rings. The lowest BCUT2D eigenvalue weighted by Crippen LogP contribution is -2.39. The number of benzene rings is 1. The van der Waals surface area contributed by atoms with Gasteiger partial charge in [-0.05, 0) is 12.1 Å². The molecule has 1 aliphatic heterocycles. The molecule has 1 fully saturated rings. The van der Waals surface area contributed by atoms with Crippen molar-refractivity contribution in [1.29, 1.82) is 0 Å². The van der Waals surface area contributed by atoms with E-state index in [9.17, 15) is 14.3 Å². The summed E-state index contributed by atoms with van der Waals surface area (Å²) in [6, 6.07) is 6.09. The summed E-state index contributed by atoms with van der Waals surface area (Å²) in [7, 11) is 0. The van der Waals surface area contributed by atoms with Gasteiger partial charge in [-0.15, -0.1) is 0 Å². The number of rotatable bonds is 6. The first-order valence-corrected chi connectivity index (χ1v) is 6.20. The third kappa shape index (κ3) is 4.18. The maximum absolute atomic E-state index is 13.2. The Morgan fingerprint density at radius 2 is 2.32 bits per heavy atom. The highest BCUT2D eigenvalue weighted by molar-refractivity contribution is 5.78. The summed E-state index contributed by atoms with van der Waals surface area (Å²) in [5.41, 5.74) is 0. The Morgan fingerprint density at radius 1 is 1.53 bits per heavy atom. The molecule has 2 rings (SSSR count). The molecule has 19 heavy (non-hydrogen) atoms. The van der Waals surface area contributed by atoms with E-state index >= 15 is 0 Å². The van der Waals surface area contributed by atoms with Crippen molar-refractivity contribution in [2.45, 2.75) is 18.6 Å². The van der Waals surface area contributed by atoms with Crippen LogP contribution >= 0.6 is 0 Å². The molecule has 5 nitrogen and oxygen atoms in total. The zero-order valence-corrected chi connectivity index (χ0v) is 10.4. The lowest BCUT2D eigenvalue weighted by molar-refractivity contribution is -0.119. The first-order valence-electron chi connectivity index (χ1n) is 6.20. The number of hydrogen-bond acceptors (Lipinski definition) is 4. The van der Waals surface area contributed by atoms with Crippen LogP contribution in [0.4, 0.5) is 4.39 Å². The number of aliphatic hydroxyl groups excluding tert-OH is 1. The minimum atomic E-state index is -0.754. The zero-order valence-electron chi connectivity index (χ0n) is 10.4. The van der Waals surface area contributed by atoms with Gasteiger partial charge in [-0.3, -0.25) is 4.79 Å². The second-order valence-corrected chi connectivity index (χ2v) is 4.51. The fourth-order valence-corrected chi connectivity index (χ4v) is 1.86. The van der Waals surface area contributed by atoms with Crippen LogP contribution in [-0.4, -0.2) is 42.9 Å². The Hall–Kier alpha value is -1.66. The molecule has 0 aromatic heterocycles. The van der Waals surface area contributed by atoms with Gasteiger partial charge in [0.05, 0.1) is 0 Å². The molecule has 1 aromatic carbocycles. The van der Waals surface area contributed by atoms with Crippen molar-refractivity contribution in [2.24, 2.45) is 0 Å². The van der Waals surface area contributed by atoms with E-state index in [2.05, 4.69) is 10.6 Å². The Labute approximate surface area is 110 Å². The summed E-state index contributed by atoms with van der Waals surface area (Å²) in [6.45, 7) is 0.871. The van der Waals surface area contributed by atoms with E-state index in [4.69, 9.17) is 4.74 Å². The van der Waals surface area contributed by atoms with Crippen molar-refractivity contribution in [3.8, 4) is 5.75 Å². The van der Waals surface area contributed by atoms with Crippen LogP contribution in [0.2, 0.25) is 0 Å². The molecule has 0 bridgehead atoms. The Balaban J connectivity index is 1.68. The van der Waals surface area contributed by atoms with Gasteiger partial charge in [-0.25, -0.2) is 4.39 Å². The maximum Gasteiger partial charge on any atom is 0.221 e. The minimum Gasteiger partial charge on any atom is -0.488 e. The van der Waals surface area contributed by atoms with Gasteiger partial charge in [0.2, 0.25) is 5.91 Å². The molecule has 1 aliphatic rings. The fraction of sp³-hybridized carbons (Fsp3) is 0.462. The van der Waals surface area contributed by atoms with Crippen LogP contribution < -0.4 is 15.4 Å². The number of hydrogen-bond donors (Lipinski definition) is 3. The normalized spacial score (nSPS) is 20.1. The number of carbonyl (C=O) groups excluding carboxylic acids is 1. The van der Waals surface area contributed by atoms with Crippen LogP contribution in [0.1, 0.15) is 6.42 Å². The third-order valence-electron chi connectivity index (χ3n) is 2.89. The summed E-state index contributed by atoms with van der Waals surface area (Å²) in [5.74, 6) is -0.317. The Bertz CT molecular complexity index is 442. The van der Waals surface area contributed by atoms with Crippen LogP contribution in [-0.2, 0) is 4.79 Å². The third-order valence-corrected chi connectivity index (χ3v) is 2.89. The van der Waals surface area contributed by atoms with Crippen molar-refractivity contribution in [1.82, 2.24) is 10.6 Å². The van der Waals surface area contributed by atoms with Gasteiger partial charge < -0.3 is 20.5 Å². The lowest BCUT2D eigenvalue weighted by atomic mass is 10.2. The van der Waals surface area contributed by atoms with E-state index in [1.807, 2.05) is 0 Å². The first-order chi connectivity index (χ1) is 9.15. The number of halogens is 1. The SMILES string of the molecule is O=C1CC(NCC(O)COc2ccccc2F)CN1. The molecule has 1 amide bonds. The Morgan fingerprint density at radius 3 is 3.00 bits per heavy atom. The number of para-hydroxylation sites is 1. The highest BCUT2D eigenvalue weighted by atomic mass is 19.1. The second-order valence-electron chi connectivity index (χ2n) is 4.51. The predicted octanol–water partition coefficient (Wildman–Crippen LogP) is 0.0435. The van der Waals surface area contributed by atoms with Crippen molar-refractivity contribution in [3.05, 3.63) is 30.1 Å². The molecule has 0 radical (unpaired) electrons. The molecule has 0 saturated carbocycles. The van der Waals surface area contributed by atoms with Crippen LogP contribution in [0, 0.1) is 5.82 Å². The first kappa shape index (κ1) is 13.8. The largest absolute Gasteiger partial charge is 0.488 e. The van der Waals surface area contributed by atoms with Gasteiger partial charge in [0.1, 0.15) is 12.7 Å². The lowest BCUT2D eigenvalue weighted by Gasteiger charge is -2.16. The van der Waals surface area contributed by atoms with E-state index in [1.54, 1.807) is 12.1 Å². The number of amides is 1. The minimum absolute atomic E-state index is 0.00201. The number of aliphatic hydroxyl groups is 1. The van der Waals surface area contributed by atoms with Crippen LogP contribution in [0.3, 0.4) is 0 Å². The van der Waals surface area contributed by atoms with Crippen LogP contribution in [0.15, 0.2) is 24.3 Å². The maximum atomic E-state index is 13.2. The van der Waals surface area contributed by atoms with E-state index < -0.39 is 11.9 Å². The second kappa shape index (κ2) is 6.49. The van der Waals surface area contributed by atoms with E-state index in [-0.39, 0.29) is 24.3 Å². The molecule has 0 aliphatic carbocycles. The standard InChI is InChI=1S/C13H17FN2O3/c14-11-3-1-2-4-12(11)19-8-10(17)7-15-9-5-13(18)16-6-9/h1-4,9-10,15,17H,5-8H2,(H,16,18). The fourth-order valence-electron chi connectivity index (χ4n) is 1.86. The van der Waals surface area contributed by atoms with Gasteiger partial charge in [-0.1, -0.05) is 12.1 Å². The molecule has 1 heterocycles. The summed E-state index contributed by atoms with van der Waals surface area (Å²) >= 11 is 0. The van der Waals surface area contributed by atoms with Gasteiger partial charge in [0, 0.05) is 25.6 Å². The van der Waals surface area contributed by atoms with E-state index in [1.165, 1.54) is 12.1 Å². The average molecular weight is 268 g/mol. The van der Waals surface area contributed by atoms with Gasteiger partial charge >= 0.3 is 0 Å². The number of carbonyl (C=O) groups is 1. The zero-order chi connectivity index (χ0) is 13.7. The molecule has 104 valence electrons. The number of ether oxygens (including phenoxy) is 1. The Kier molecular flexibility index (Phi) is 4.70. The van der Waals surface area contributed by atoms with Crippen molar-refractivity contribution >= 4 is 5.91 Å². The molecule has 0 spiro atoms. The molecule has 3 N–H and O–H groups in total. The van der Waals surface area contributed by atoms with E-state index in [0.717, 1.165) is 0 Å². The topological polar surface area (TPSA) is 70.6 Å². The molecule has 2 unspecified atom stereocenters. The van der Waals surface area contributed by atoms with Gasteiger partial charge in [0.15, 0.2) is 11.6 Å². The molecule has 6 heteroatoms. The summed E-state index contributed by atoms with van der Waals surface area (Å²) in [6.07, 6.45) is -0.337. The van der Waals surface area contributed by atoms with Crippen molar-refractivity contribution in [3.63, 3.8) is 0 Å². The summed E-state index contributed by atoms with van der Waals surface area (Å²) in [5, 5.41) is 15.5. The van der Waals surface area contributed by atoms with Crippen LogP contribution in [0.25, 0.3) is 0 Å². The summed E-state index contributed by atoms with van der Waals surface area (Å²) < 4.78 is 18.4. The van der Waals surface area contributed by atoms with Crippen molar-refractivity contribution in [2.75, 3.05) is 19.7 Å². The van der Waals surface area contributed by atoms with E-state index in [0.29, 0.717) is 19.5 Å². The highest BCUT2D eigenvalue weighted by Gasteiger charge is 2.21. The molecule has 1 saturated heterocycles. The summed E-state index contributed by atoms with van der Waals surface area (Å²) in [4.78, 5) is 11.0. The molecular formula is C13H17FN2O3. The molecular weight excluding hydrogens is 251 g/mol. The number of nitrogens with one attached hydrogen (secondary N) is 2. The van der Waals surface area contributed by atoms with Crippen molar-refractivity contribution < 1.29 is 19.0 Å². The average Bonchev–Trinajstić information content (AvgIpc) is 2.81. The van der Waals surface area contributed by atoms with Crippen LogP contribution in [0.5, 0.6) is 5.75 Å². The predicted molar refractivity (Wildman–Crippen MR) is 67.3 cm³/mol. The smallest absolute Gasteiger partial charge is 0.221 e.